The molecule has 2 unspecified atom stereocenters. The Labute approximate surface area is 539 Å². The molecule has 488 valence electrons. The van der Waals surface area contributed by atoms with Gasteiger partial charge in [-0.2, -0.15) is 0 Å². The first-order valence-electron chi connectivity index (χ1n) is 32.5. The number of amides is 5. The van der Waals surface area contributed by atoms with E-state index in [0.29, 0.717) is 49.8 Å². The van der Waals surface area contributed by atoms with E-state index in [1.807, 2.05) is 81.8 Å². The number of aromatic nitrogens is 3. The summed E-state index contributed by atoms with van der Waals surface area (Å²) in [5.74, 6) is 1.36. The number of rotatable bonds is 14. The van der Waals surface area contributed by atoms with Crippen molar-refractivity contribution in [1.29, 1.82) is 0 Å². The van der Waals surface area contributed by atoms with Gasteiger partial charge < -0.3 is 48.8 Å². The van der Waals surface area contributed by atoms with Crippen molar-refractivity contribution in [3.05, 3.63) is 109 Å². The number of hydrogen-bond donors (Lipinski definition) is 1. The Morgan fingerprint density at radius 1 is 0.584 bits per heavy atom. The third kappa shape index (κ3) is 25.7. The zero-order chi connectivity index (χ0) is 63.8. The van der Waals surface area contributed by atoms with Crippen LogP contribution in [0.5, 0.6) is 0 Å². The zero-order valence-corrected chi connectivity index (χ0v) is 55.3. The minimum Gasteiger partial charge on any atom is -0.444 e. The molecule has 20 heteroatoms. The Morgan fingerprint density at radius 2 is 1.10 bits per heavy atom. The maximum atomic E-state index is 12.9. The van der Waals surface area contributed by atoms with Crippen molar-refractivity contribution in [2.24, 2.45) is 29.6 Å². The average molecular weight is 1270 g/mol. The van der Waals surface area contributed by atoms with Crippen LogP contribution >= 0.6 is 23.2 Å². The predicted octanol–water partition coefficient (Wildman–Crippen LogP) is 13.1. The van der Waals surface area contributed by atoms with E-state index in [9.17, 15) is 24.0 Å². The Balaban J connectivity index is 0.000000171. The molecule has 2 aliphatic carbocycles. The molecule has 7 aliphatic rings. The largest absolute Gasteiger partial charge is 0.444 e. The first-order valence-corrected chi connectivity index (χ1v) is 33.4. The normalized spacial score (nSPS) is 21.8. The average Bonchev–Trinajstić information content (AvgIpc) is 4.47. The molecule has 18 nitrogen and oxygen atoms in total. The summed E-state index contributed by atoms with van der Waals surface area (Å²) in [4.78, 5) is 84.3. The van der Waals surface area contributed by atoms with Crippen molar-refractivity contribution in [1.82, 2.24) is 29.7 Å². The minimum atomic E-state index is -0.526. The topological polar surface area (TPSA) is 189 Å². The number of piperidine rings is 3. The molecule has 1 N–H and O–H groups in total. The third-order valence-electron chi connectivity index (χ3n) is 16.3. The number of likely N-dealkylation sites (tertiary alicyclic amines) is 3. The number of alkyl halides is 2. The molecule has 5 atom stereocenters. The third-order valence-corrected chi connectivity index (χ3v) is 16.9. The predicted molar refractivity (Wildman–Crippen MR) is 351 cm³/mol. The Hall–Kier alpha value is -5.92. The van der Waals surface area contributed by atoms with Gasteiger partial charge in [0, 0.05) is 96.0 Å². The smallest absolute Gasteiger partial charge is 0.410 e. The summed E-state index contributed by atoms with van der Waals surface area (Å²) in [7, 11) is 0. The monoisotopic (exact) mass is 1270 g/mol. The molecule has 4 aromatic rings. The molecule has 1 aromatic carbocycles. The van der Waals surface area contributed by atoms with E-state index >= 15 is 0 Å². The molecular formula is C69H99Cl2N9O9. The van der Waals surface area contributed by atoms with Gasteiger partial charge in [0.1, 0.15) is 16.0 Å². The molecule has 0 bridgehead atoms. The lowest BCUT2D eigenvalue weighted by Gasteiger charge is -2.36. The van der Waals surface area contributed by atoms with Crippen molar-refractivity contribution >= 4 is 70.2 Å². The molecule has 89 heavy (non-hydrogen) atoms. The summed E-state index contributed by atoms with van der Waals surface area (Å²) in [6, 6.07) is 22.0. The second-order valence-corrected chi connectivity index (χ2v) is 27.7. The van der Waals surface area contributed by atoms with Gasteiger partial charge in [-0.3, -0.25) is 29.3 Å². The van der Waals surface area contributed by atoms with Gasteiger partial charge in [-0.15, -0.1) is 23.2 Å². The van der Waals surface area contributed by atoms with E-state index in [4.69, 9.17) is 42.1 Å². The quantitative estimate of drug-likeness (QED) is 0.118. The number of pyridine rings is 3. The summed E-state index contributed by atoms with van der Waals surface area (Å²) >= 11 is 11.0. The molecule has 0 radical (unpaired) electrons. The molecule has 3 aromatic heterocycles. The molecule has 11 rings (SSSR count). The lowest BCUT2D eigenvalue weighted by molar-refractivity contribution is -0.121. The van der Waals surface area contributed by atoms with E-state index in [0.717, 1.165) is 121 Å². The molecule has 0 spiro atoms. The van der Waals surface area contributed by atoms with Gasteiger partial charge in [-0.25, -0.2) is 9.59 Å². The Kier molecular flexibility index (Phi) is 28.2. The van der Waals surface area contributed by atoms with E-state index in [2.05, 4.69) is 62.4 Å². The number of carbonyl (C=O) groups excluding carboxylic acids is 5. The summed E-state index contributed by atoms with van der Waals surface area (Å²) in [6.07, 6.45) is 26.1. The molecule has 2 saturated carbocycles. The van der Waals surface area contributed by atoms with Gasteiger partial charge in [-0.05, 0) is 205 Å². The van der Waals surface area contributed by atoms with Crippen LogP contribution in [0.2, 0.25) is 0 Å². The zero-order valence-electron chi connectivity index (χ0n) is 53.8. The number of benzene rings is 1. The molecule has 5 amide bonds. The fourth-order valence-corrected chi connectivity index (χ4v) is 11.7. The van der Waals surface area contributed by atoms with E-state index in [1.165, 1.54) is 37.8 Å². The summed E-state index contributed by atoms with van der Waals surface area (Å²) in [5.41, 5.74) is 2.85. The van der Waals surface area contributed by atoms with Crippen LogP contribution in [0.15, 0.2) is 104 Å². The Morgan fingerprint density at radius 3 is 1.55 bits per heavy atom. The van der Waals surface area contributed by atoms with E-state index in [-0.39, 0.29) is 58.6 Å². The van der Waals surface area contributed by atoms with Crippen LogP contribution in [0.3, 0.4) is 0 Å². The SMILES string of the molecule is CC(C)(C)OC(=O)N1CCC[C@@H](C(=O)Nc2cccnc2)C1.CC(C)(C)OC(=O)N1CCC[C@@H](CN(C(=O)C2CC2)c2cccnc2)C1.CC1CCCO1.ClC(Cl)C1CCCO1.O=C(C1CC1)N(C[C@@H]1CCCN(CCc2ccccc2)C1)c1cccnc1. The number of nitrogens with zero attached hydrogens (tertiary/aromatic N) is 8. The van der Waals surface area contributed by atoms with Crippen molar-refractivity contribution in [3.63, 3.8) is 0 Å². The van der Waals surface area contributed by atoms with Crippen LogP contribution in [0.25, 0.3) is 0 Å². The number of anilines is 3. The van der Waals surface area contributed by atoms with Gasteiger partial charge >= 0.3 is 12.2 Å². The highest BCUT2D eigenvalue weighted by atomic mass is 35.5. The summed E-state index contributed by atoms with van der Waals surface area (Å²) in [6.45, 7) is 22.2. The van der Waals surface area contributed by atoms with Crippen molar-refractivity contribution < 1.29 is 42.9 Å². The molecule has 8 heterocycles. The summed E-state index contributed by atoms with van der Waals surface area (Å²) in [5, 5.41) is 2.84. The van der Waals surface area contributed by atoms with Crippen molar-refractivity contribution in [2.75, 3.05) is 87.2 Å². The van der Waals surface area contributed by atoms with E-state index in [1.54, 1.807) is 52.9 Å². The van der Waals surface area contributed by atoms with Crippen molar-refractivity contribution in [2.45, 2.75) is 173 Å². The first-order chi connectivity index (χ1) is 42.7. The van der Waals surface area contributed by atoms with E-state index < -0.39 is 11.2 Å². The second kappa shape index (κ2) is 35.6. The van der Waals surface area contributed by atoms with Crippen LogP contribution < -0.4 is 15.1 Å². The van der Waals surface area contributed by atoms with Gasteiger partial charge in [0.2, 0.25) is 17.7 Å². The second-order valence-electron chi connectivity index (χ2n) is 26.6. The van der Waals surface area contributed by atoms with Crippen molar-refractivity contribution in [3.8, 4) is 0 Å². The standard InChI is InChI=1S/C23H29N3O.C20H29N3O3.C16H23N3O3.C5H8Cl2O.C5H10O/c27-23(21-10-11-21)26(22-9-4-13-24-16-22)18-20-8-5-14-25(17-20)15-12-19-6-2-1-3-7-19;1-20(2,3)26-19(25)22-11-5-6-15(13-22)14-23(18(24)16-8-9-16)17-7-4-10-21-12-17;1-16(2,3)22-15(21)19-9-5-6-12(11-19)14(20)18-13-7-4-8-17-10-13;6-5(7)4-2-1-3-8-4;1-5-3-2-4-6-5/h1-4,6-7,9,13,16,20-21H,5,8,10-12,14-15,17-18H2;4,7,10,12,15-16H,5-6,8-9,11,13-14H2,1-3H3;4,7-8,10,12H,5-6,9,11H2,1-3H3,(H,18,20);4-5H,1-3H2;5H,2-4H2,1H3/t20-;15-;12-;;/m111../s1. The number of nitrogens with one attached hydrogen (secondary N) is 1. The van der Waals surface area contributed by atoms with Gasteiger partial charge in [0.25, 0.3) is 0 Å². The van der Waals surface area contributed by atoms with Crippen LogP contribution in [-0.4, -0.2) is 160 Å². The van der Waals surface area contributed by atoms with Crippen LogP contribution in [0.1, 0.15) is 144 Å². The number of halogens is 2. The van der Waals surface area contributed by atoms with Gasteiger partial charge in [0.15, 0.2) is 0 Å². The number of carbonyl (C=O) groups is 5. The molecule has 7 fully saturated rings. The highest BCUT2D eigenvalue weighted by Gasteiger charge is 2.38. The van der Waals surface area contributed by atoms with Crippen LogP contribution in [0, 0.1) is 29.6 Å². The summed E-state index contributed by atoms with van der Waals surface area (Å²) < 4.78 is 21.2. The molecule has 5 aliphatic heterocycles. The first kappa shape index (κ1) is 70.5. The molecular weight excluding hydrogens is 1170 g/mol. The number of hydrogen-bond acceptors (Lipinski definition) is 13. The maximum absolute atomic E-state index is 12.9. The lowest BCUT2D eigenvalue weighted by Crippen LogP contribution is -2.47. The van der Waals surface area contributed by atoms with Crippen LogP contribution in [0.4, 0.5) is 26.7 Å². The molecule has 5 saturated heterocycles. The van der Waals surface area contributed by atoms with Crippen LogP contribution in [-0.2, 0) is 39.8 Å². The maximum Gasteiger partial charge on any atom is 0.410 e. The highest BCUT2D eigenvalue weighted by molar-refractivity contribution is 6.44. The highest BCUT2D eigenvalue weighted by Crippen LogP contribution is 2.35. The fraction of sp³-hybridized carbons (Fsp3) is 0.623. The fourth-order valence-electron chi connectivity index (χ4n) is 11.3. The Bertz CT molecular complexity index is 2740. The van der Waals surface area contributed by atoms with Gasteiger partial charge in [0.05, 0.1) is 53.8 Å². The lowest BCUT2D eigenvalue weighted by atomic mass is 9.96. The minimum absolute atomic E-state index is 0.0822. The van der Waals surface area contributed by atoms with Gasteiger partial charge in [-0.1, -0.05) is 30.3 Å². The number of ether oxygens (including phenoxy) is 4.